The third-order valence-corrected chi connectivity index (χ3v) is 12.4. The van der Waals surface area contributed by atoms with Crippen LogP contribution in [0.2, 0.25) is 0 Å². The number of nitrogens with two attached hydrogens (primary N) is 1. The number of nitrogens with zero attached hydrogens (tertiary/aromatic N) is 2. The summed E-state index contributed by atoms with van der Waals surface area (Å²) >= 11 is 0.0352. The van der Waals surface area contributed by atoms with E-state index in [0.717, 1.165) is 24.3 Å². The standard InChI is InChI=1S/C23H26N6O19S6.4Na/c1-12-19(24)21(28-26-15-4-2-13(10-17(15)53(37,38)39)51(33,34)8-6-43-49-47-45-31)23(30)22(20(12)25)29-27-16-5-3-14(11-18(16)54(40,41)42)52(35,36)9-7-44-50-48-46-32;;;;/h2-5,10-11,24,26-27,31-32H,6-9,25H2,1H3,(H,37,38,39)(H,40,41,42);;;;/q;4*+1/p-4/b24-19?,28-21+,29-22+;;;;. The second-order valence-corrected chi connectivity index (χ2v) is 17.7. The van der Waals surface area contributed by atoms with Gasteiger partial charge in [-0.2, -0.15) is 10.2 Å². The molecule has 298 valence electrons. The SMILES string of the molecule is Cc1c(N)/c(=N\Nc2ccc(S(=O)(=O)CCOSOO[O-])cc2S(=O)(=O)[O-])c(=O)/c(=N/Nc2ccc(S(=O)(=O)CCOSOO[O-])cc2S(=O)(=O)[O-])c1=N.[Na+].[Na+].[Na+].[Na+]. The van der Waals surface area contributed by atoms with Crippen LogP contribution in [0.5, 0.6) is 0 Å². The molecule has 25 nitrogen and oxygen atoms in total. The third-order valence-electron chi connectivity index (χ3n) is 6.52. The molecule has 3 aromatic carbocycles. The van der Waals surface area contributed by atoms with Gasteiger partial charge in [-0.1, -0.05) is 0 Å². The summed E-state index contributed by atoms with van der Waals surface area (Å²) in [6, 6.07) is 4.38. The minimum absolute atomic E-state index is 0. The van der Waals surface area contributed by atoms with Crippen LogP contribution in [0.4, 0.5) is 17.1 Å². The number of rotatable bonds is 20. The van der Waals surface area contributed by atoms with Gasteiger partial charge in [-0.15, -0.1) is 8.67 Å². The van der Waals surface area contributed by atoms with Gasteiger partial charge in [0.05, 0.1) is 66.7 Å². The Morgan fingerprint density at radius 1 is 0.707 bits per heavy atom. The van der Waals surface area contributed by atoms with Crippen LogP contribution in [-0.2, 0) is 67.0 Å². The van der Waals surface area contributed by atoms with Gasteiger partial charge in [0.25, 0.3) is 0 Å². The fraction of sp³-hybridized carbons (Fsp3) is 0.217. The molecule has 0 aliphatic heterocycles. The van der Waals surface area contributed by atoms with Crippen LogP contribution in [0.15, 0.2) is 71.0 Å². The molecule has 0 atom stereocenters. The molecule has 0 amide bonds. The van der Waals surface area contributed by atoms with E-state index in [9.17, 15) is 58.1 Å². The van der Waals surface area contributed by atoms with E-state index in [1.54, 1.807) is 0 Å². The second kappa shape index (κ2) is 26.9. The topological polar surface area (TPSA) is 400 Å². The first-order valence-corrected chi connectivity index (χ1v) is 21.0. The summed E-state index contributed by atoms with van der Waals surface area (Å²) < 4.78 is 140. The largest absolute Gasteiger partial charge is 1.00 e. The van der Waals surface area contributed by atoms with Crippen LogP contribution in [0.1, 0.15) is 5.56 Å². The van der Waals surface area contributed by atoms with Gasteiger partial charge in [-0.3, -0.25) is 39.5 Å². The molecule has 35 heteroatoms. The van der Waals surface area contributed by atoms with E-state index in [-0.39, 0.29) is 148 Å². The van der Waals surface area contributed by atoms with Crippen LogP contribution in [0, 0.1) is 12.3 Å². The van der Waals surface area contributed by atoms with Crippen LogP contribution in [0.3, 0.4) is 0 Å². The molecule has 0 unspecified atom stereocenters. The maximum absolute atomic E-state index is 13.4. The maximum Gasteiger partial charge on any atom is 1.00 e. The van der Waals surface area contributed by atoms with Crippen molar-refractivity contribution in [3.63, 3.8) is 0 Å². The van der Waals surface area contributed by atoms with Gasteiger partial charge >= 0.3 is 118 Å². The molecule has 0 saturated heterocycles. The molecule has 3 rings (SSSR count). The Balaban J connectivity index is 0. The van der Waals surface area contributed by atoms with Crippen molar-refractivity contribution in [2.75, 3.05) is 41.3 Å². The van der Waals surface area contributed by atoms with Gasteiger partial charge in [0, 0.05) is 5.56 Å². The van der Waals surface area contributed by atoms with Gasteiger partial charge < -0.3 is 25.4 Å². The van der Waals surface area contributed by atoms with Gasteiger partial charge in [0.2, 0.25) is 5.43 Å². The molecule has 0 aliphatic carbocycles. The molecular formula is C23H22N6Na4O19S6. The summed E-state index contributed by atoms with van der Waals surface area (Å²) in [6.45, 7) is 0.0946. The number of hydrogen-bond acceptors (Lipinski definition) is 27. The van der Waals surface area contributed by atoms with E-state index in [1.807, 2.05) is 0 Å². The number of anilines is 3. The Hall–Kier alpha value is 0.360. The predicted octanol–water partition coefficient (Wildman–Crippen LogP) is -15.9. The van der Waals surface area contributed by atoms with Crippen molar-refractivity contribution in [1.29, 1.82) is 5.41 Å². The maximum atomic E-state index is 13.4. The number of sulfone groups is 2. The van der Waals surface area contributed by atoms with Crippen LogP contribution >= 0.6 is 24.6 Å². The molecular weight excluding hydrogens is 949 g/mol. The van der Waals surface area contributed by atoms with Crippen LogP contribution < -0.4 is 167 Å². The number of nitrogen functional groups attached to an aromatic ring is 1. The molecule has 0 spiro atoms. The Morgan fingerprint density at radius 2 is 1.09 bits per heavy atom. The van der Waals surface area contributed by atoms with Gasteiger partial charge in [0.15, 0.2) is 55.0 Å². The molecule has 0 bridgehead atoms. The van der Waals surface area contributed by atoms with Gasteiger partial charge in [0.1, 0.15) is 20.2 Å². The van der Waals surface area contributed by atoms with E-state index in [2.05, 4.69) is 48.2 Å². The quantitative estimate of drug-likeness (QED) is 0.0155. The summed E-state index contributed by atoms with van der Waals surface area (Å²) in [7, 11) is -19.4. The average molecular weight is 971 g/mol. The smallest absolute Gasteiger partial charge is 0.744 e. The molecule has 0 saturated carbocycles. The first-order chi connectivity index (χ1) is 25.2. The Labute approximate surface area is 426 Å². The molecule has 3 aromatic rings. The van der Waals surface area contributed by atoms with Crippen LogP contribution in [-0.4, -0.2) is 67.5 Å². The predicted molar refractivity (Wildman–Crippen MR) is 173 cm³/mol. The van der Waals surface area contributed by atoms with Crippen LogP contribution in [0.25, 0.3) is 0 Å². The summed E-state index contributed by atoms with van der Waals surface area (Å²) in [5.41, 5.74) is 7.10. The zero-order valence-electron chi connectivity index (χ0n) is 30.5. The number of hydrogen-bond donors (Lipinski definition) is 4. The third kappa shape index (κ3) is 17.1. The van der Waals surface area contributed by atoms with E-state index in [1.165, 1.54) is 6.92 Å². The van der Waals surface area contributed by atoms with Crippen molar-refractivity contribution in [1.82, 2.24) is 0 Å². The molecule has 0 fully saturated rings. The van der Waals surface area contributed by atoms with E-state index < -0.39 is 123 Å². The van der Waals surface area contributed by atoms with Crippen molar-refractivity contribution in [3.8, 4) is 0 Å². The molecule has 0 heterocycles. The molecule has 5 N–H and O–H groups in total. The summed E-state index contributed by atoms with van der Waals surface area (Å²) in [6.07, 6.45) is 0. The molecule has 0 aromatic heterocycles. The van der Waals surface area contributed by atoms with E-state index in [0.29, 0.717) is 12.1 Å². The molecule has 0 aliphatic rings. The van der Waals surface area contributed by atoms with Crippen molar-refractivity contribution >= 4 is 81.6 Å². The Bertz CT molecular complexity index is 2570. The van der Waals surface area contributed by atoms with Gasteiger partial charge in [-0.25, -0.2) is 33.7 Å². The monoisotopic (exact) mass is 970 g/mol. The Kier molecular flexibility index (Phi) is 28.0. The average Bonchev–Trinajstić information content (AvgIpc) is 3.09. The first kappa shape index (κ1) is 60.4. The van der Waals surface area contributed by atoms with Gasteiger partial charge in [-0.05, 0) is 43.3 Å². The normalized spacial score (nSPS) is 12.4. The summed E-state index contributed by atoms with van der Waals surface area (Å²) in [5.74, 6) is -1.55. The number of nitrogens with one attached hydrogen (secondary N) is 3. The minimum Gasteiger partial charge on any atom is -0.744 e. The van der Waals surface area contributed by atoms with E-state index in [4.69, 9.17) is 11.1 Å². The Morgan fingerprint density at radius 3 is 1.45 bits per heavy atom. The van der Waals surface area contributed by atoms with Crippen molar-refractivity contribution in [2.24, 2.45) is 10.2 Å². The summed E-state index contributed by atoms with van der Waals surface area (Å²) in [5, 5.41) is 39.1. The summed E-state index contributed by atoms with van der Waals surface area (Å²) in [4.78, 5) is 9.80. The number of benzene rings is 3. The zero-order chi connectivity index (χ0) is 40.5. The first-order valence-electron chi connectivity index (χ1n) is 13.6. The van der Waals surface area contributed by atoms with E-state index >= 15 is 0 Å². The van der Waals surface area contributed by atoms with Crippen molar-refractivity contribution in [2.45, 2.75) is 26.5 Å². The van der Waals surface area contributed by atoms with Crippen molar-refractivity contribution < 1.29 is 199 Å². The minimum atomic E-state index is -5.43. The zero-order valence-corrected chi connectivity index (χ0v) is 43.4. The second-order valence-electron chi connectivity index (χ2n) is 9.80. The molecule has 0 radical (unpaired) electrons. The fourth-order valence-electron chi connectivity index (χ4n) is 3.93. The van der Waals surface area contributed by atoms with Crippen molar-refractivity contribution in [3.05, 3.63) is 68.3 Å². The molecule has 58 heavy (non-hydrogen) atoms. The fourth-order valence-corrected chi connectivity index (χ4v) is 8.25.